The molecule has 1 fully saturated rings. The minimum absolute atomic E-state index is 0.656. The molecule has 2 aromatic heterocycles. The second kappa shape index (κ2) is 13.2. The van der Waals surface area contributed by atoms with E-state index in [1.54, 1.807) is 0 Å². The first-order valence-corrected chi connectivity index (χ1v) is 12.1. The number of hydrogen-bond acceptors (Lipinski definition) is 6. The maximum Gasteiger partial charge on any atom is 0.490 e. The molecule has 0 radical (unpaired) electrons. The Morgan fingerprint density at radius 1 is 1.14 bits per heavy atom. The number of fused-ring (bicyclic) bond motifs is 1. The van der Waals surface area contributed by atoms with Crippen LogP contribution in [0.15, 0.2) is 17.5 Å². The van der Waals surface area contributed by atoms with Crippen LogP contribution in [0.5, 0.6) is 0 Å². The predicted octanol–water partition coefficient (Wildman–Crippen LogP) is 4.72. The highest BCUT2D eigenvalue weighted by molar-refractivity contribution is 7.09. The molecular weight excluding hydrogens is 532 g/mol. The predicted molar refractivity (Wildman–Crippen MR) is 120 cm³/mol. The number of thiophene rings is 1. The Hall–Kier alpha value is -2.65. The van der Waals surface area contributed by atoms with Crippen LogP contribution in [0.2, 0.25) is 0 Å². The van der Waals surface area contributed by atoms with Crippen LogP contribution in [-0.2, 0) is 47.0 Å². The second-order valence-corrected chi connectivity index (χ2v) is 9.31. The third-order valence-corrected chi connectivity index (χ3v) is 6.17. The summed E-state index contributed by atoms with van der Waals surface area (Å²) >= 11 is 1.85. The Balaban J connectivity index is 0.000000286. The highest BCUT2D eigenvalue weighted by Gasteiger charge is 2.39. The molecular formula is C22H27F6N3O5S. The van der Waals surface area contributed by atoms with Crippen LogP contribution in [0.25, 0.3) is 0 Å². The molecule has 3 heterocycles. The summed E-state index contributed by atoms with van der Waals surface area (Å²) in [6.45, 7) is 7.78. The van der Waals surface area contributed by atoms with Gasteiger partial charge in [0.05, 0.1) is 12.3 Å². The molecule has 0 amide bonds. The summed E-state index contributed by atoms with van der Waals surface area (Å²) in [5.41, 5.74) is 4.06. The van der Waals surface area contributed by atoms with Crippen molar-refractivity contribution < 1.29 is 50.9 Å². The number of carbonyl (C=O) groups is 2. The maximum absolute atomic E-state index is 10.6. The summed E-state index contributed by atoms with van der Waals surface area (Å²) in [4.78, 5) is 21.8. The fraction of sp³-hybridized carbons (Fsp3) is 0.591. The normalized spacial score (nSPS) is 15.6. The van der Waals surface area contributed by atoms with Gasteiger partial charge < -0.3 is 14.9 Å². The topological polar surface area (TPSA) is 105 Å². The van der Waals surface area contributed by atoms with E-state index >= 15 is 0 Å². The standard InChI is InChI=1S/C18H25N3OS.2C2HF3O2/c1-2-22-13-17-16-12-20(11-15-4-3-9-23-15)8-7-18(16)21(19-17)10-14-5-6-14;2*3-2(4,5)1(6)7/h3-4,9,14H,2,5-8,10-13H2,1H3;2*(H,6,7). The molecule has 2 aromatic rings. The maximum atomic E-state index is 10.6. The number of carboxylic acid groups (broad SMARTS) is 2. The third-order valence-electron chi connectivity index (χ3n) is 5.31. The number of halogens is 6. The number of alkyl halides is 6. The van der Waals surface area contributed by atoms with Crippen molar-refractivity contribution in [3.8, 4) is 0 Å². The summed E-state index contributed by atoms with van der Waals surface area (Å²) in [5.74, 6) is -4.65. The van der Waals surface area contributed by atoms with Gasteiger partial charge in [0.1, 0.15) is 0 Å². The van der Waals surface area contributed by atoms with Crippen LogP contribution in [0, 0.1) is 5.92 Å². The molecule has 1 aliphatic carbocycles. The molecule has 0 spiro atoms. The molecule has 0 aromatic carbocycles. The highest BCUT2D eigenvalue weighted by atomic mass is 32.1. The SMILES string of the molecule is CCOCc1nn(CC2CC2)c2c1CN(Cc1cccs1)CC2.O=C(O)C(F)(F)F.O=C(O)C(F)(F)F. The number of hydrogen-bond donors (Lipinski definition) is 2. The van der Waals surface area contributed by atoms with E-state index in [1.807, 2.05) is 11.3 Å². The van der Waals surface area contributed by atoms with Crippen molar-refractivity contribution in [2.24, 2.45) is 5.92 Å². The van der Waals surface area contributed by atoms with Gasteiger partial charge in [-0.05, 0) is 37.1 Å². The monoisotopic (exact) mass is 559 g/mol. The lowest BCUT2D eigenvalue weighted by atomic mass is 10.0. The molecule has 8 nitrogen and oxygen atoms in total. The first-order valence-electron chi connectivity index (χ1n) is 11.2. The van der Waals surface area contributed by atoms with E-state index < -0.39 is 24.3 Å². The fourth-order valence-corrected chi connectivity index (χ4v) is 4.13. The summed E-state index contributed by atoms with van der Waals surface area (Å²) < 4.78 is 71.4. The van der Waals surface area contributed by atoms with Crippen molar-refractivity contribution >= 4 is 23.3 Å². The molecule has 4 rings (SSSR count). The first kappa shape index (κ1) is 30.6. The number of nitrogens with zero attached hydrogens (tertiary/aromatic N) is 3. The molecule has 1 saturated carbocycles. The lowest BCUT2D eigenvalue weighted by Crippen LogP contribution is -2.31. The number of ether oxygens (including phenoxy) is 1. The fourth-order valence-electron chi connectivity index (χ4n) is 3.39. The lowest BCUT2D eigenvalue weighted by Gasteiger charge is -2.27. The molecule has 0 bridgehead atoms. The molecule has 0 atom stereocenters. The summed E-state index contributed by atoms with van der Waals surface area (Å²) in [6.07, 6.45) is -6.30. The summed E-state index contributed by atoms with van der Waals surface area (Å²) in [7, 11) is 0. The van der Waals surface area contributed by atoms with Gasteiger partial charge in [-0.15, -0.1) is 11.3 Å². The van der Waals surface area contributed by atoms with Gasteiger partial charge in [0.15, 0.2) is 0 Å². The van der Waals surface area contributed by atoms with Gasteiger partial charge in [0.25, 0.3) is 0 Å². The van der Waals surface area contributed by atoms with Gasteiger partial charge in [0, 0.05) is 55.3 Å². The van der Waals surface area contributed by atoms with Gasteiger partial charge in [-0.1, -0.05) is 6.07 Å². The van der Waals surface area contributed by atoms with E-state index in [9.17, 15) is 26.3 Å². The van der Waals surface area contributed by atoms with Crippen molar-refractivity contribution in [2.75, 3.05) is 13.2 Å². The third kappa shape index (κ3) is 10.3. The molecule has 208 valence electrons. The average Bonchev–Trinajstić information content (AvgIpc) is 3.35. The van der Waals surface area contributed by atoms with Crippen LogP contribution >= 0.6 is 11.3 Å². The molecule has 0 unspecified atom stereocenters. The Morgan fingerprint density at radius 2 is 1.73 bits per heavy atom. The van der Waals surface area contributed by atoms with Gasteiger partial charge in [-0.2, -0.15) is 31.4 Å². The van der Waals surface area contributed by atoms with Crippen LogP contribution in [0.1, 0.15) is 41.6 Å². The zero-order valence-corrected chi connectivity index (χ0v) is 20.6. The van der Waals surface area contributed by atoms with Gasteiger partial charge in [-0.3, -0.25) is 9.58 Å². The average molecular weight is 560 g/mol. The largest absolute Gasteiger partial charge is 0.490 e. The van der Waals surface area contributed by atoms with Crippen LogP contribution < -0.4 is 0 Å². The van der Waals surface area contributed by atoms with Crippen molar-refractivity contribution in [1.29, 1.82) is 0 Å². The lowest BCUT2D eigenvalue weighted by molar-refractivity contribution is -0.193. The summed E-state index contributed by atoms with van der Waals surface area (Å²) in [6, 6.07) is 4.38. The molecule has 2 N–H and O–H groups in total. The second-order valence-electron chi connectivity index (χ2n) is 8.28. The number of aromatic nitrogens is 2. The molecule has 1 aliphatic heterocycles. The Bertz CT molecular complexity index is 995. The van der Waals surface area contributed by atoms with Crippen LogP contribution in [0.4, 0.5) is 26.3 Å². The van der Waals surface area contributed by atoms with Crippen LogP contribution in [0.3, 0.4) is 0 Å². The van der Waals surface area contributed by atoms with E-state index in [-0.39, 0.29) is 0 Å². The van der Waals surface area contributed by atoms with Crippen molar-refractivity contribution in [1.82, 2.24) is 14.7 Å². The van der Waals surface area contributed by atoms with Gasteiger partial charge in [-0.25, -0.2) is 9.59 Å². The van der Waals surface area contributed by atoms with Crippen molar-refractivity contribution in [3.05, 3.63) is 39.3 Å². The van der Waals surface area contributed by atoms with Crippen LogP contribution in [-0.4, -0.2) is 62.3 Å². The van der Waals surface area contributed by atoms with Crippen molar-refractivity contribution in [3.63, 3.8) is 0 Å². The first-order chi connectivity index (χ1) is 17.2. The number of aliphatic carboxylic acids is 2. The van der Waals surface area contributed by atoms with E-state index in [0.29, 0.717) is 6.61 Å². The minimum atomic E-state index is -5.08. The Kier molecular flexibility index (Phi) is 10.9. The van der Waals surface area contributed by atoms with Gasteiger partial charge >= 0.3 is 24.3 Å². The molecule has 15 heteroatoms. The molecule has 37 heavy (non-hydrogen) atoms. The molecule has 2 aliphatic rings. The quantitative estimate of drug-likeness (QED) is 0.474. The van der Waals surface area contributed by atoms with Crippen molar-refractivity contribution in [2.45, 2.75) is 64.8 Å². The smallest absolute Gasteiger partial charge is 0.475 e. The zero-order chi connectivity index (χ0) is 27.8. The molecule has 0 saturated heterocycles. The van der Waals surface area contributed by atoms with E-state index in [4.69, 9.17) is 29.6 Å². The minimum Gasteiger partial charge on any atom is -0.475 e. The van der Waals surface area contributed by atoms with E-state index in [1.165, 1.54) is 34.7 Å². The zero-order valence-electron chi connectivity index (χ0n) is 19.8. The number of carboxylic acids is 2. The van der Waals surface area contributed by atoms with Gasteiger partial charge in [0.2, 0.25) is 0 Å². The summed E-state index contributed by atoms with van der Waals surface area (Å²) in [5, 5.41) is 21.3. The number of rotatable bonds is 7. The van der Waals surface area contributed by atoms with E-state index in [0.717, 1.165) is 45.1 Å². The Morgan fingerprint density at radius 3 is 2.19 bits per heavy atom. The van der Waals surface area contributed by atoms with E-state index in [2.05, 4.69) is 34.0 Å². The highest BCUT2D eigenvalue weighted by Crippen LogP contribution is 2.33. The Labute approximate surface area is 212 Å².